The number of ether oxygens (including phenoxy) is 1. The van der Waals surface area contributed by atoms with E-state index in [1.807, 2.05) is 6.92 Å². The number of alkyl carbamates (subject to hydrolysis) is 1. The predicted molar refractivity (Wildman–Crippen MR) is 34.7 cm³/mol. The standard InChI is InChI=1S/C6H10N2O2/c1-3-5-4(2-7-3)10-6(9)8-5/h3-5,7H,2H2,1H3,(H,8,9). The molecule has 3 unspecified atom stereocenters. The maximum Gasteiger partial charge on any atom is 0.407 e. The second-order valence-electron chi connectivity index (χ2n) is 2.81. The van der Waals surface area contributed by atoms with E-state index in [2.05, 4.69) is 10.6 Å². The van der Waals surface area contributed by atoms with Crippen molar-refractivity contribution in [3.8, 4) is 0 Å². The van der Waals surface area contributed by atoms with Gasteiger partial charge in [-0.15, -0.1) is 0 Å². The Bertz CT molecular complexity index is 171. The summed E-state index contributed by atoms with van der Waals surface area (Å²) in [5, 5.41) is 5.94. The van der Waals surface area contributed by atoms with Crippen LogP contribution in [0.5, 0.6) is 0 Å². The van der Waals surface area contributed by atoms with Crippen molar-refractivity contribution in [2.45, 2.75) is 25.1 Å². The Labute approximate surface area is 58.9 Å². The van der Waals surface area contributed by atoms with E-state index < -0.39 is 0 Å². The van der Waals surface area contributed by atoms with Crippen LogP contribution in [0.15, 0.2) is 0 Å². The number of carbonyl (C=O) groups is 1. The van der Waals surface area contributed by atoms with Gasteiger partial charge < -0.3 is 15.4 Å². The highest BCUT2D eigenvalue weighted by atomic mass is 16.6. The van der Waals surface area contributed by atoms with Crippen molar-refractivity contribution < 1.29 is 9.53 Å². The molecular formula is C6H10N2O2. The van der Waals surface area contributed by atoms with Gasteiger partial charge in [-0.05, 0) is 6.92 Å². The second kappa shape index (κ2) is 1.85. The summed E-state index contributed by atoms with van der Waals surface area (Å²) in [7, 11) is 0. The highest BCUT2D eigenvalue weighted by molar-refractivity contribution is 5.70. The van der Waals surface area contributed by atoms with Crippen LogP contribution in [0.2, 0.25) is 0 Å². The maximum atomic E-state index is 10.6. The molecule has 1 amide bonds. The lowest BCUT2D eigenvalue weighted by molar-refractivity contribution is 0.142. The minimum Gasteiger partial charge on any atom is -0.443 e. The molecule has 4 nitrogen and oxygen atoms in total. The highest BCUT2D eigenvalue weighted by Crippen LogP contribution is 2.16. The van der Waals surface area contributed by atoms with E-state index in [0.29, 0.717) is 6.04 Å². The van der Waals surface area contributed by atoms with Gasteiger partial charge in [0.05, 0.1) is 6.04 Å². The predicted octanol–water partition coefficient (Wildman–Crippen LogP) is -0.545. The van der Waals surface area contributed by atoms with Crippen LogP contribution < -0.4 is 10.6 Å². The van der Waals surface area contributed by atoms with Gasteiger partial charge in [-0.2, -0.15) is 0 Å². The second-order valence-corrected chi connectivity index (χ2v) is 2.81. The Morgan fingerprint density at radius 2 is 2.50 bits per heavy atom. The smallest absolute Gasteiger partial charge is 0.407 e. The molecule has 4 heteroatoms. The molecule has 0 aromatic heterocycles. The molecule has 2 rings (SSSR count). The van der Waals surface area contributed by atoms with E-state index in [9.17, 15) is 4.79 Å². The van der Waals surface area contributed by atoms with Crippen LogP contribution in [0.25, 0.3) is 0 Å². The molecule has 0 aromatic carbocycles. The summed E-state index contributed by atoms with van der Waals surface area (Å²) in [4.78, 5) is 10.6. The third-order valence-electron chi connectivity index (χ3n) is 2.12. The quantitative estimate of drug-likeness (QED) is 0.477. The zero-order valence-corrected chi connectivity index (χ0v) is 5.76. The zero-order valence-electron chi connectivity index (χ0n) is 5.76. The third-order valence-corrected chi connectivity index (χ3v) is 2.12. The lowest BCUT2D eigenvalue weighted by Crippen LogP contribution is -2.38. The summed E-state index contributed by atoms with van der Waals surface area (Å²) in [6.07, 6.45) is -0.217. The third kappa shape index (κ3) is 0.686. The minimum atomic E-state index is -0.275. The summed E-state index contributed by atoms with van der Waals surface area (Å²) in [6.45, 7) is 2.82. The summed E-state index contributed by atoms with van der Waals surface area (Å²) < 4.78 is 4.94. The molecule has 2 fully saturated rings. The zero-order chi connectivity index (χ0) is 7.14. The maximum absolute atomic E-state index is 10.6. The molecule has 0 bridgehead atoms. The largest absolute Gasteiger partial charge is 0.443 e. The number of nitrogens with one attached hydrogen (secondary N) is 2. The van der Waals surface area contributed by atoms with Gasteiger partial charge in [0.2, 0.25) is 0 Å². The molecule has 2 aliphatic heterocycles. The molecule has 3 atom stereocenters. The normalized spacial score (nSPS) is 44.5. The van der Waals surface area contributed by atoms with Crippen LogP contribution in [0, 0.1) is 0 Å². The Balaban J connectivity index is 2.12. The van der Waals surface area contributed by atoms with Crippen molar-refractivity contribution in [3.05, 3.63) is 0 Å². The van der Waals surface area contributed by atoms with Gasteiger partial charge in [0.25, 0.3) is 0 Å². The molecule has 2 saturated heterocycles. The topological polar surface area (TPSA) is 50.4 Å². The summed E-state index contributed by atoms with van der Waals surface area (Å²) >= 11 is 0. The van der Waals surface area contributed by atoms with E-state index in [-0.39, 0.29) is 18.2 Å². The average molecular weight is 142 g/mol. The van der Waals surface area contributed by atoms with E-state index in [1.54, 1.807) is 0 Å². The molecule has 2 aliphatic rings. The number of amides is 1. The van der Waals surface area contributed by atoms with Gasteiger partial charge >= 0.3 is 6.09 Å². The first-order chi connectivity index (χ1) is 4.77. The summed E-state index contributed by atoms with van der Waals surface area (Å²) in [6, 6.07) is 0.531. The van der Waals surface area contributed by atoms with Crippen LogP contribution in [0.3, 0.4) is 0 Å². The van der Waals surface area contributed by atoms with Crippen LogP contribution in [-0.2, 0) is 4.74 Å². The van der Waals surface area contributed by atoms with Gasteiger partial charge in [0.15, 0.2) is 0 Å². The Hall–Kier alpha value is -0.770. The number of rotatable bonds is 0. The van der Waals surface area contributed by atoms with Crippen molar-refractivity contribution in [1.29, 1.82) is 0 Å². The lowest BCUT2D eigenvalue weighted by atomic mass is 10.1. The van der Waals surface area contributed by atoms with Crippen molar-refractivity contribution in [1.82, 2.24) is 10.6 Å². The first kappa shape index (κ1) is 5.97. The van der Waals surface area contributed by atoms with E-state index in [4.69, 9.17) is 4.74 Å². The van der Waals surface area contributed by atoms with Gasteiger partial charge in [-0.1, -0.05) is 0 Å². The molecule has 0 saturated carbocycles. The van der Waals surface area contributed by atoms with E-state index in [0.717, 1.165) is 6.54 Å². The highest BCUT2D eigenvalue weighted by Gasteiger charge is 2.42. The first-order valence-corrected chi connectivity index (χ1v) is 3.48. The van der Waals surface area contributed by atoms with Crippen LogP contribution in [0.1, 0.15) is 6.92 Å². The van der Waals surface area contributed by atoms with Gasteiger partial charge in [-0.25, -0.2) is 4.79 Å². The fraction of sp³-hybridized carbons (Fsp3) is 0.833. The SMILES string of the molecule is CC1NCC2OC(=O)NC12. The van der Waals surface area contributed by atoms with E-state index in [1.165, 1.54) is 0 Å². The molecule has 0 spiro atoms. The number of fused-ring (bicyclic) bond motifs is 1. The number of carbonyl (C=O) groups excluding carboxylic acids is 1. The van der Waals surface area contributed by atoms with Crippen molar-refractivity contribution in [3.63, 3.8) is 0 Å². The monoisotopic (exact) mass is 142 g/mol. The molecule has 2 N–H and O–H groups in total. The van der Waals surface area contributed by atoms with Crippen LogP contribution >= 0.6 is 0 Å². The van der Waals surface area contributed by atoms with E-state index >= 15 is 0 Å². The van der Waals surface area contributed by atoms with Crippen LogP contribution in [-0.4, -0.2) is 30.8 Å². The van der Waals surface area contributed by atoms with Gasteiger partial charge in [0, 0.05) is 12.6 Å². The molecule has 56 valence electrons. The fourth-order valence-corrected chi connectivity index (χ4v) is 1.52. The average Bonchev–Trinajstić information content (AvgIpc) is 2.35. The summed E-state index contributed by atoms with van der Waals surface area (Å²) in [5.41, 5.74) is 0. The molecule has 0 aromatic rings. The first-order valence-electron chi connectivity index (χ1n) is 3.48. The minimum absolute atomic E-state index is 0.0579. The van der Waals surface area contributed by atoms with Crippen LogP contribution in [0.4, 0.5) is 4.79 Å². The number of hydrogen-bond acceptors (Lipinski definition) is 3. The molecular weight excluding hydrogens is 132 g/mol. The Kier molecular flexibility index (Phi) is 1.11. The molecule has 10 heavy (non-hydrogen) atoms. The van der Waals surface area contributed by atoms with Crippen molar-refractivity contribution in [2.24, 2.45) is 0 Å². The van der Waals surface area contributed by atoms with Gasteiger partial charge in [0.1, 0.15) is 6.10 Å². The number of hydrogen-bond donors (Lipinski definition) is 2. The Morgan fingerprint density at radius 3 is 3.20 bits per heavy atom. The summed E-state index contributed by atoms with van der Waals surface area (Å²) in [5.74, 6) is 0. The van der Waals surface area contributed by atoms with Crippen molar-refractivity contribution >= 4 is 6.09 Å². The fourth-order valence-electron chi connectivity index (χ4n) is 1.52. The van der Waals surface area contributed by atoms with Gasteiger partial charge in [-0.3, -0.25) is 0 Å². The molecule has 0 radical (unpaired) electrons. The Morgan fingerprint density at radius 1 is 1.70 bits per heavy atom. The molecule has 0 aliphatic carbocycles. The molecule has 2 heterocycles. The van der Waals surface area contributed by atoms with Crippen molar-refractivity contribution in [2.75, 3.05) is 6.54 Å². The lowest BCUT2D eigenvalue weighted by Gasteiger charge is -2.08.